The van der Waals surface area contributed by atoms with Gasteiger partial charge >= 0.3 is 0 Å². The summed E-state index contributed by atoms with van der Waals surface area (Å²) < 4.78 is 13.4. The minimum atomic E-state index is -0.190. The number of hydrogen-bond acceptors (Lipinski definition) is 6. The van der Waals surface area contributed by atoms with Crippen LogP contribution in [-0.2, 0) is 11.3 Å². The Labute approximate surface area is 187 Å². The van der Waals surface area contributed by atoms with E-state index >= 15 is 0 Å². The Morgan fingerprint density at radius 2 is 1.97 bits per heavy atom. The molecule has 0 bridgehead atoms. The van der Waals surface area contributed by atoms with Crippen molar-refractivity contribution in [3.8, 4) is 22.9 Å². The maximum Gasteiger partial charge on any atom is 0.234 e. The molecule has 1 N–H and O–H groups in total. The monoisotopic (exact) mass is 488 g/mol. The number of rotatable bonds is 9. The lowest BCUT2D eigenvalue weighted by Crippen LogP contribution is -2.15. The Kier molecular flexibility index (Phi) is 7.53. The number of thioether (sulfide) groups is 1. The lowest BCUT2D eigenvalue weighted by Gasteiger charge is -2.12. The Balaban J connectivity index is 1.73. The van der Waals surface area contributed by atoms with Crippen LogP contribution in [0.15, 0.2) is 64.7 Å². The summed E-state index contributed by atoms with van der Waals surface area (Å²) in [7, 11) is 3.12. The van der Waals surface area contributed by atoms with Crippen molar-refractivity contribution in [1.29, 1.82) is 0 Å². The van der Waals surface area contributed by atoms with E-state index in [0.717, 1.165) is 15.9 Å². The fourth-order valence-electron chi connectivity index (χ4n) is 2.73. The molecule has 0 spiro atoms. The first kappa shape index (κ1) is 21.9. The molecular weight excluding hydrogens is 468 g/mol. The normalized spacial score (nSPS) is 10.5. The van der Waals surface area contributed by atoms with Gasteiger partial charge in [0.1, 0.15) is 11.5 Å². The Hall–Kier alpha value is -2.78. The van der Waals surface area contributed by atoms with E-state index in [-0.39, 0.29) is 11.7 Å². The molecule has 0 fully saturated rings. The summed E-state index contributed by atoms with van der Waals surface area (Å²) in [5, 5.41) is 12.1. The van der Waals surface area contributed by atoms with Gasteiger partial charge in [0.25, 0.3) is 0 Å². The van der Waals surface area contributed by atoms with Gasteiger partial charge in [-0.25, -0.2) is 0 Å². The van der Waals surface area contributed by atoms with Crippen LogP contribution in [0.2, 0.25) is 0 Å². The fourth-order valence-corrected chi connectivity index (χ4v) is 3.74. The molecule has 1 aromatic heterocycles. The number of amides is 1. The van der Waals surface area contributed by atoms with E-state index < -0.39 is 0 Å². The van der Waals surface area contributed by atoms with Gasteiger partial charge in [0.05, 0.1) is 25.7 Å². The van der Waals surface area contributed by atoms with Crippen molar-refractivity contribution in [3.63, 3.8) is 0 Å². The average Bonchev–Trinajstić information content (AvgIpc) is 3.15. The smallest absolute Gasteiger partial charge is 0.234 e. The molecule has 30 heavy (non-hydrogen) atoms. The zero-order valence-corrected chi connectivity index (χ0v) is 19.0. The Morgan fingerprint density at radius 3 is 2.63 bits per heavy atom. The van der Waals surface area contributed by atoms with Crippen molar-refractivity contribution in [2.75, 3.05) is 25.3 Å². The molecule has 0 aliphatic carbocycles. The van der Waals surface area contributed by atoms with E-state index in [1.54, 1.807) is 38.5 Å². The van der Waals surface area contributed by atoms with Crippen LogP contribution in [0.5, 0.6) is 11.5 Å². The number of methoxy groups -OCH3 is 2. The molecule has 156 valence electrons. The summed E-state index contributed by atoms with van der Waals surface area (Å²) in [4.78, 5) is 12.5. The molecule has 7 nitrogen and oxygen atoms in total. The number of allylic oxidation sites excluding steroid dienone is 1. The second kappa shape index (κ2) is 10.3. The minimum absolute atomic E-state index is 0.163. The number of nitrogens with one attached hydrogen (secondary N) is 1. The summed E-state index contributed by atoms with van der Waals surface area (Å²) in [6, 6.07) is 13.0. The van der Waals surface area contributed by atoms with Gasteiger partial charge in [-0.15, -0.1) is 16.8 Å². The molecule has 3 aromatic rings. The van der Waals surface area contributed by atoms with Crippen LogP contribution in [0.3, 0.4) is 0 Å². The summed E-state index contributed by atoms with van der Waals surface area (Å²) in [6.45, 7) is 4.35. The summed E-state index contributed by atoms with van der Waals surface area (Å²) in [5.74, 6) is 1.88. The van der Waals surface area contributed by atoms with Gasteiger partial charge in [0, 0.05) is 22.6 Å². The first-order valence-corrected chi connectivity index (χ1v) is 10.8. The molecule has 0 unspecified atom stereocenters. The number of hydrogen-bond donors (Lipinski definition) is 1. The lowest BCUT2D eigenvalue weighted by molar-refractivity contribution is -0.113. The summed E-state index contributed by atoms with van der Waals surface area (Å²) in [5.41, 5.74) is 1.48. The van der Waals surface area contributed by atoms with E-state index in [4.69, 9.17) is 9.47 Å². The van der Waals surface area contributed by atoms with Crippen LogP contribution < -0.4 is 14.8 Å². The van der Waals surface area contributed by atoms with Gasteiger partial charge in [0.2, 0.25) is 5.91 Å². The van der Waals surface area contributed by atoms with Crippen LogP contribution >= 0.6 is 27.7 Å². The Morgan fingerprint density at radius 1 is 1.20 bits per heavy atom. The van der Waals surface area contributed by atoms with E-state index in [1.807, 2.05) is 28.8 Å². The molecule has 9 heteroatoms. The molecule has 1 amide bonds. The number of halogens is 1. The van der Waals surface area contributed by atoms with E-state index in [0.29, 0.717) is 28.9 Å². The highest BCUT2D eigenvalue weighted by molar-refractivity contribution is 9.10. The van der Waals surface area contributed by atoms with Crippen LogP contribution in [-0.4, -0.2) is 40.6 Å². The number of ether oxygens (including phenoxy) is 2. The highest BCUT2D eigenvalue weighted by Crippen LogP contribution is 2.30. The van der Waals surface area contributed by atoms with Crippen molar-refractivity contribution in [2.24, 2.45) is 0 Å². The first-order valence-electron chi connectivity index (χ1n) is 9.00. The average molecular weight is 489 g/mol. The fraction of sp³-hybridized carbons (Fsp3) is 0.190. The van der Waals surface area contributed by atoms with Crippen LogP contribution in [0.1, 0.15) is 0 Å². The van der Waals surface area contributed by atoms with Gasteiger partial charge in [0.15, 0.2) is 11.0 Å². The predicted molar refractivity (Wildman–Crippen MR) is 122 cm³/mol. The van der Waals surface area contributed by atoms with Gasteiger partial charge < -0.3 is 14.8 Å². The maximum atomic E-state index is 12.5. The lowest BCUT2D eigenvalue weighted by atomic mass is 10.2. The van der Waals surface area contributed by atoms with Gasteiger partial charge in [-0.05, 0) is 24.3 Å². The third-order valence-electron chi connectivity index (χ3n) is 4.14. The quantitative estimate of drug-likeness (QED) is 0.349. The number of anilines is 1. The molecule has 0 atom stereocenters. The summed E-state index contributed by atoms with van der Waals surface area (Å²) in [6.07, 6.45) is 1.77. The van der Waals surface area contributed by atoms with Crippen molar-refractivity contribution < 1.29 is 14.3 Å². The molecule has 0 aliphatic rings. The minimum Gasteiger partial charge on any atom is -0.497 e. The highest BCUT2D eigenvalue weighted by Gasteiger charge is 2.16. The maximum absolute atomic E-state index is 12.5. The highest BCUT2D eigenvalue weighted by atomic mass is 79.9. The SMILES string of the molecule is C=CCn1c(SCC(=O)Nc2cc(OC)ccc2OC)nnc1-c1ccc(Br)cc1. The van der Waals surface area contributed by atoms with Gasteiger partial charge in [-0.3, -0.25) is 9.36 Å². The molecule has 0 aliphatic heterocycles. The molecule has 2 aromatic carbocycles. The van der Waals surface area contributed by atoms with E-state index in [2.05, 4.69) is 38.0 Å². The number of carbonyl (C=O) groups excluding carboxylic acids is 1. The second-order valence-corrected chi connectivity index (χ2v) is 7.97. The largest absolute Gasteiger partial charge is 0.497 e. The second-order valence-electron chi connectivity index (χ2n) is 6.12. The number of nitrogens with zero attached hydrogens (tertiary/aromatic N) is 3. The van der Waals surface area contributed by atoms with Crippen molar-refractivity contribution in [1.82, 2.24) is 14.8 Å². The molecule has 3 rings (SSSR count). The van der Waals surface area contributed by atoms with Gasteiger partial charge in [-0.1, -0.05) is 45.9 Å². The molecule has 1 heterocycles. The van der Waals surface area contributed by atoms with Crippen molar-refractivity contribution in [3.05, 3.63) is 59.6 Å². The predicted octanol–water partition coefficient (Wildman–Crippen LogP) is 4.64. The molecular formula is C21H21BrN4O3S. The van der Waals surface area contributed by atoms with Crippen molar-refractivity contribution >= 4 is 39.3 Å². The zero-order valence-electron chi connectivity index (χ0n) is 16.6. The van der Waals surface area contributed by atoms with Crippen LogP contribution in [0.25, 0.3) is 11.4 Å². The molecule has 0 radical (unpaired) electrons. The Bertz CT molecular complexity index is 1040. The molecule has 0 saturated carbocycles. The first-order chi connectivity index (χ1) is 14.5. The van der Waals surface area contributed by atoms with Crippen LogP contribution in [0.4, 0.5) is 5.69 Å². The number of benzene rings is 2. The number of carbonyl (C=O) groups is 1. The standard InChI is InChI=1S/C21H21BrN4O3S/c1-4-11-26-20(14-5-7-15(22)8-6-14)24-25-21(26)30-13-19(27)23-17-12-16(28-2)9-10-18(17)29-3/h4-10,12H,1,11,13H2,2-3H3,(H,23,27). The van der Waals surface area contributed by atoms with E-state index in [9.17, 15) is 4.79 Å². The molecule has 0 saturated heterocycles. The van der Waals surface area contributed by atoms with E-state index in [1.165, 1.54) is 11.8 Å². The topological polar surface area (TPSA) is 78.3 Å². The zero-order chi connectivity index (χ0) is 21.5. The van der Waals surface area contributed by atoms with Crippen LogP contribution in [0, 0.1) is 0 Å². The number of aromatic nitrogens is 3. The summed E-state index contributed by atoms with van der Waals surface area (Å²) >= 11 is 4.74. The van der Waals surface area contributed by atoms with Crippen molar-refractivity contribution in [2.45, 2.75) is 11.7 Å². The third kappa shape index (κ3) is 5.22. The third-order valence-corrected chi connectivity index (χ3v) is 5.64. The van der Waals surface area contributed by atoms with Gasteiger partial charge in [-0.2, -0.15) is 0 Å².